The van der Waals surface area contributed by atoms with Gasteiger partial charge >= 0.3 is 0 Å². The van der Waals surface area contributed by atoms with Gasteiger partial charge in [0.05, 0.1) is 11.9 Å². The molecule has 0 N–H and O–H groups in total. The second kappa shape index (κ2) is 5.20. The minimum atomic E-state index is -3.03. The van der Waals surface area contributed by atoms with Crippen LogP contribution in [0, 0.1) is 0 Å². The van der Waals surface area contributed by atoms with E-state index in [4.69, 9.17) is 4.74 Å². The Balaban J connectivity index is 1.57. The van der Waals surface area contributed by atoms with Crippen molar-refractivity contribution >= 4 is 21.8 Å². The van der Waals surface area contributed by atoms with E-state index in [1.165, 1.54) is 0 Å². The summed E-state index contributed by atoms with van der Waals surface area (Å²) >= 11 is 1.84. The second-order valence-electron chi connectivity index (χ2n) is 5.30. The number of aromatic nitrogens is 1. The summed E-state index contributed by atoms with van der Waals surface area (Å²) in [6.45, 7) is 2.94. The zero-order chi connectivity index (χ0) is 14.2. The maximum absolute atomic E-state index is 11.8. The van der Waals surface area contributed by atoms with Gasteiger partial charge < -0.3 is 4.74 Å². The van der Waals surface area contributed by atoms with Crippen molar-refractivity contribution in [2.75, 3.05) is 24.6 Å². The number of nitrogens with zero attached hydrogens (tertiary/aromatic N) is 2. The van der Waals surface area contributed by atoms with Gasteiger partial charge in [0.1, 0.15) is 11.9 Å². The summed E-state index contributed by atoms with van der Waals surface area (Å²) < 4.78 is 31.1. The molecule has 3 rings (SSSR count). The number of ether oxygens (including phenoxy) is 1. The summed E-state index contributed by atoms with van der Waals surface area (Å²) in [6.07, 6.45) is 4.49. The van der Waals surface area contributed by atoms with Crippen molar-refractivity contribution in [3.05, 3.63) is 24.5 Å². The lowest BCUT2D eigenvalue weighted by Gasteiger charge is -2.46. The largest absolute Gasteiger partial charge is 0.488 e. The fraction of sp³-hybridized carbons (Fsp3) is 0.615. The first-order chi connectivity index (χ1) is 9.53. The van der Waals surface area contributed by atoms with Crippen LogP contribution in [-0.2, 0) is 10.0 Å². The molecule has 1 aromatic rings. The predicted molar refractivity (Wildman–Crippen MR) is 79.5 cm³/mol. The van der Waals surface area contributed by atoms with Crippen molar-refractivity contribution < 1.29 is 13.2 Å². The van der Waals surface area contributed by atoms with Gasteiger partial charge in [-0.05, 0) is 19.1 Å². The maximum atomic E-state index is 11.8. The molecule has 0 amide bonds. The summed E-state index contributed by atoms with van der Waals surface area (Å²) in [6, 6.07) is 3.75. The first-order valence-corrected chi connectivity index (χ1v) is 9.31. The third-order valence-electron chi connectivity index (χ3n) is 3.80. The lowest BCUT2D eigenvalue weighted by atomic mass is 9.95. The molecule has 5 nitrogen and oxygen atoms in total. The van der Waals surface area contributed by atoms with Crippen molar-refractivity contribution in [2.24, 2.45) is 0 Å². The standard InChI is InChI=1S/C13H18N2O3S2/c1-2-20(16,17)15-9-13(10-15)6-12(8-19-13)18-11-4-3-5-14-7-11/h3-5,7,12H,2,6,8-10H2,1H3. The average Bonchev–Trinajstić information content (AvgIpc) is 2.82. The highest BCUT2D eigenvalue weighted by Crippen LogP contribution is 2.46. The van der Waals surface area contributed by atoms with Crippen LogP contribution in [0.15, 0.2) is 24.5 Å². The van der Waals surface area contributed by atoms with Crippen molar-refractivity contribution in [1.82, 2.24) is 9.29 Å². The number of pyridine rings is 1. The van der Waals surface area contributed by atoms with Gasteiger partial charge in [0.2, 0.25) is 10.0 Å². The lowest BCUT2D eigenvalue weighted by molar-refractivity contribution is 0.159. The van der Waals surface area contributed by atoms with E-state index in [0.29, 0.717) is 13.1 Å². The van der Waals surface area contributed by atoms with Crippen LogP contribution in [0.5, 0.6) is 5.75 Å². The quantitative estimate of drug-likeness (QED) is 0.840. The summed E-state index contributed by atoms with van der Waals surface area (Å²) in [4.78, 5) is 4.03. The van der Waals surface area contributed by atoms with E-state index in [2.05, 4.69) is 4.98 Å². The average molecular weight is 314 g/mol. The Morgan fingerprint density at radius 2 is 2.35 bits per heavy atom. The number of sulfonamides is 1. The Kier molecular flexibility index (Phi) is 3.68. The number of thioether (sulfide) groups is 1. The molecular formula is C13H18N2O3S2. The van der Waals surface area contributed by atoms with Crippen molar-refractivity contribution in [3.8, 4) is 5.75 Å². The fourth-order valence-electron chi connectivity index (χ4n) is 2.68. The number of hydrogen-bond donors (Lipinski definition) is 0. The Morgan fingerprint density at radius 1 is 1.55 bits per heavy atom. The highest BCUT2D eigenvalue weighted by atomic mass is 32.2. The van der Waals surface area contributed by atoms with Gasteiger partial charge in [-0.3, -0.25) is 4.98 Å². The van der Waals surface area contributed by atoms with Gasteiger partial charge in [-0.1, -0.05) is 0 Å². The zero-order valence-electron chi connectivity index (χ0n) is 11.4. The molecule has 1 atom stereocenters. The van der Waals surface area contributed by atoms with Gasteiger partial charge in [-0.25, -0.2) is 8.42 Å². The van der Waals surface area contributed by atoms with Gasteiger partial charge in [0.25, 0.3) is 0 Å². The van der Waals surface area contributed by atoms with Gasteiger partial charge in [-0.15, -0.1) is 11.8 Å². The van der Waals surface area contributed by atoms with Crippen molar-refractivity contribution in [2.45, 2.75) is 24.2 Å². The minimum absolute atomic E-state index is 0.0646. The monoisotopic (exact) mass is 314 g/mol. The van der Waals surface area contributed by atoms with E-state index in [-0.39, 0.29) is 16.6 Å². The molecular weight excluding hydrogens is 296 g/mol. The Labute approximate surface area is 123 Å². The third-order valence-corrected chi connectivity index (χ3v) is 7.15. The molecule has 0 bridgehead atoms. The lowest BCUT2D eigenvalue weighted by Crippen LogP contribution is -2.61. The molecule has 0 aromatic carbocycles. The van der Waals surface area contributed by atoms with E-state index in [0.717, 1.165) is 17.9 Å². The maximum Gasteiger partial charge on any atom is 0.213 e. The second-order valence-corrected chi connectivity index (χ2v) is 9.04. The fourth-order valence-corrected chi connectivity index (χ4v) is 5.62. The summed E-state index contributed by atoms with van der Waals surface area (Å²) in [7, 11) is -3.03. The third kappa shape index (κ3) is 2.66. The number of rotatable bonds is 4. The molecule has 0 saturated carbocycles. The van der Waals surface area contributed by atoms with Crippen LogP contribution >= 0.6 is 11.8 Å². The topological polar surface area (TPSA) is 59.5 Å². The van der Waals surface area contributed by atoms with E-state index < -0.39 is 10.0 Å². The smallest absolute Gasteiger partial charge is 0.213 e. The van der Waals surface area contributed by atoms with Gasteiger partial charge in [0.15, 0.2) is 0 Å². The van der Waals surface area contributed by atoms with E-state index in [9.17, 15) is 8.42 Å². The molecule has 2 fully saturated rings. The van der Waals surface area contributed by atoms with Crippen LogP contribution in [0.2, 0.25) is 0 Å². The van der Waals surface area contributed by atoms with Crippen LogP contribution in [0.3, 0.4) is 0 Å². The van der Waals surface area contributed by atoms with Crippen LogP contribution in [-0.4, -0.2) is 53.2 Å². The van der Waals surface area contributed by atoms with Gasteiger partial charge in [0, 0.05) is 36.2 Å². The molecule has 0 radical (unpaired) electrons. The van der Waals surface area contributed by atoms with Gasteiger partial charge in [-0.2, -0.15) is 4.31 Å². The summed E-state index contributed by atoms with van der Waals surface area (Å²) in [5.41, 5.74) is 0. The Morgan fingerprint density at radius 3 is 3.00 bits per heavy atom. The molecule has 0 aliphatic carbocycles. The van der Waals surface area contributed by atoms with E-state index in [1.807, 2.05) is 23.9 Å². The van der Waals surface area contributed by atoms with Crippen molar-refractivity contribution in [1.29, 1.82) is 0 Å². The van der Waals surface area contributed by atoms with E-state index in [1.54, 1.807) is 23.6 Å². The van der Waals surface area contributed by atoms with Crippen molar-refractivity contribution in [3.63, 3.8) is 0 Å². The summed E-state index contributed by atoms with van der Waals surface area (Å²) in [5.74, 6) is 1.88. The highest BCUT2D eigenvalue weighted by molar-refractivity contribution is 8.01. The zero-order valence-corrected chi connectivity index (χ0v) is 13.0. The molecule has 1 unspecified atom stereocenters. The normalized spacial score (nSPS) is 25.6. The Hall–Kier alpha value is -0.790. The Bertz CT molecular complexity index is 571. The highest BCUT2D eigenvalue weighted by Gasteiger charge is 2.52. The minimum Gasteiger partial charge on any atom is -0.488 e. The molecule has 7 heteroatoms. The molecule has 2 aliphatic heterocycles. The first-order valence-electron chi connectivity index (χ1n) is 6.71. The summed E-state index contributed by atoms with van der Waals surface area (Å²) in [5, 5.41) is 0. The molecule has 1 spiro atoms. The first kappa shape index (κ1) is 14.2. The van der Waals surface area contributed by atoms with Crippen LogP contribution in [0.25, 0.3) is 0 Å². The van der Waals surface area contributed by atoms with Crippen LogP contribution in [0.1, 0.15) is 13.3 Å². The number of hydrogen-bond acceptors (Lipinski definition) is 5. The molecule has 2 aliphatic rings. The molecule has 110 valence electrons. The molecule has 3 heterocycles. The SMILES string of the molecule is CCS(=O)(=O)N1CC2(CC(Oc3cccnc3)CS2)C1. The predicted octanol–water partition coefficient (Wildman–Crippen LogP) is 1.37. The van der Waals surface area contributed by atoms with Crippen LogP contribution in [0.4, 0.5) is 0 Å². The van der Waals surface area contributed by atoms with Crippen LogP contribution < -0.4 is 4.74 Å². The molecule has 1 aromatic heterocycles. The molecule has 2 saturated heterocycles. The molecule has 20 heavy (non-hydrogen) atoms. The van der Waals surface area contributed by atoms with E-state index >= 15 is 0 Å².